The maximum Gasteiger partial charge on any atom is 0.161 e. The molecule has 1 saturated heterocycles. The van der Waals surface area contributed by atoms with Gasteiger partial charge in [-0.2, -0.15) is 0 Å². The first-order valence-electron chi connectivity index (χ1n) is 7.03. The molecule has 19 heavy (non-hydrogen) atoms. The first kappa shape index (κ1) is 14.2. The fourth-order valence-electron chi connectivity index (χ4n) is 2.47. The van der Waals surface area contributed by atoms with E-state index in [0.29, 0.717) is 19.0 Å². The molecule has 0 radical (unpaired) electrons. The Bertz CT molecular complexity index is 414. The fourth-order valence-corrected chi connectivity index (χ4v) is 2.47. The average Bonchev–Trinajstić information content (AvgIpc) is 2.42. The molecule has 2 N–H and O–H groups in total. The lowest BCUT2D eigenvalue weighted by Gasteiger charge is -2.33. The summed E-state index contributed by atoms with van der Waals surface area (Å²) in [6.45, 7) is 6.77. The molecule has 0 aromatic heterocycles. The van der Waals surface area contributed by atoms with Gasteiger partial charge in [-0.1, -0.05) is 6.07 Å². The molecular formula is C15H23NO3. The van der Waals surface area contributed by atoms with Crippen molar-refractivity contribution in [2.45, 2.75) is 32.3 Å². The topological polar surface area (TPSA) is 50.7 Å². The van der Waals surface area contributed by atoms with E-state index >= 15 is 0 Å². The lowest BCUT2D eigenvalue weighted by molar-refractivity contribution is 0.00568. The van der Waals surface area contributed by atoms with E-state index in [4.69, 9.17) is 9.47 Å². The largest absolute Gasteiger partial charge is 0.490 e. The van der Waals surface area contributed by atoms with Crippen LogP contribution in [-0.2, 0) is 5.60 Å². The van der Waals surface area contributed by atoms with Crippen LogP contribution in [0.3, 0.4) is 0 Å². The monoisotopic (exact) mass is 265 g/mol. The van der Waals surface area contributed by atoms with Crippen molar-refractivity contribution in [3.05, 3.63) is 23.8 Å². The molecule has 0 amide bonds. The zero-order valence-corrected chi connectivity index (χ0v) is 11.7. The maximum atomic E-state index is 10.7. The predicted molar refractivity (Wildman–Crippen MR) is 74.8 cm³/mol. The zero-order chi connectivity index (χ0) is 13.7. The molecule has 1 aromatic rings. The first-order valence-corrected chi connectivity index (χ1v) is 7.03. The Morgan fingerprint density at radius 2 is 1.74 bits per heavy atom. The van der Waals surface area contributed by atoms with E-state index < -0.39 is 5.60 Å². The second kappa shape index (κ2) is 6.26. The summed E-state index contributed by atoms with van der Waals surface area (Å²) in [6.07, 6.45) is 1.46. The van der Waals surface area contributed by atoms with Crippen molar-refractivity contribution in [2.24, 2.45) is 0 Å². The van der Waals surface area contributed by atoms with Crippen LogP contribution in [0.2, 0.25) is 0 Å². The van der Waals surface area contributed by atoms with Gasteiger partial charge in [0.25, 0.3) is 0 Å². The molecule has 1 fully saturated rings. The van der Waals surface area contributed by atoms with Gasteiger partial charge in [0.05, 0.1) is 18.8 Å². The number of hydrogen-bond acceptors (Lipinski definition) is 4. The third kappa shape index (κ3) is 3.19. The van der Waals surface area contributed by atoms with Crippen LogP contribution in [0, 0.1) is 0 Å². The van der Waals surface area contributed by atoms with Gasteiger partial charge in [-0.3, -0.25) is 0 Å². The molecule has 0 saturated carbocycles. The van der Waals surface area contributed by atoms with Crippen LogP contribution in [0.5, 0.6) is 11.5 Å². The van der Waals surface area contributed by atoms with Crippen molar-refractivity contribution < 1.29 is 14.6 Å². The highest BCUT2D eigenvalue weighted by Crippen LogP contribution is 2.36. The lowest BCUT2D eigenvalue weighted by Crippen LogP contribution is -2.39. The van der Waals surface area contributed by atoms with Crippen molar-refractivity contribution in [1.29, 1.82) is 0 Å². The van der Waals surface area contributed by atoms with E-state index in [9.17, 15) is 5.11 Å². The molecule has 1 heterocycles. The van der Waals surface area contributed by atoms with Crippen LogP contribution < -0.4 is 14.8 Å². The Balaban J connectivity index is 2.28. The highest BCUT2D eigenvalue weighted by atomic mass is 16.5. The number of benzene rings is 1. The van der Waals surface area contributed by atoms with Crippen LogP contribution >= 0.6 is 0 Å². The zero-order valence-electron chi connectivity index (χ0n) is 11.7. The maximum absolute atomic E-state index is 10.7. The van der Waals surface area contributed by atoms with Gasteiger partial charge in [-0.25, -0.2) is 0 Å². The summed E-state index contributed by atoms with van der Waals surface area (Å²) in [5.41, 5.74) is 0.169. The predicted octanol–water partition coefficient (Wildman–Crippen LogP) is 2.05. The number of piperidine rings is 1. The molecule has 4 nitrogen and oxygen atoms in total. The standard InChI is InChI=1S/C15H23NO3/c1-3-18-13-6-5-12(11-14(13)19-4-2)15(17)7-9-16-10-8-15/h5-6,11,16-17H,3-4,7-10H2,1-2H3. The molecule has 0 aliphatic carbocycles. The van der Waals surface area contributed by atoms with E-state index in [1.807, 2.05) is 32.0 Å². The Morgan fingerprint density at radius 3 is 2.37 bits per heavy atom. The minimum Gasteiger partial charge on any atom is -0.490 e. The number of hydrogen-bond donors (Lipinski definition) is 2. The Hall–Kier alpha value is -1.26. The highest BCUT2D eigenvalue weighted by Gasteiger charge is 2.31. The van der Waals surface area contributed by atoms with Crippen molar-refractivity contribution in [3.8, 4) is 11.5 Å². The summed E-state index contributed by atoms with van der Waals surface area (Å²) in [6, 6.07) is 5.75. The second-order valence-corrected chi connectivity index (χ2v) is 4.81. The molecule has 2 rings (SSSR count). The minimum atomic E-state index is -0.748. The molecule has 0 unspecified atom stereocenters. The fraction of sp³-hybridized carbons (Fsp3) is 0.600. The molecule has 0 spiro atoms. The molecule has 106 valence electrons. The summed E-state index contributed by atoms with van der Waals surface area (Å²) >= 11 is 0. The van der Waals surface area contributed by atoms with Crippen LogP contribution in [0.4, 0.5) is 0 Å². The Labute approximate surface area is 114 Å². The summed E-state index contributed by atoms with van der Waals surface area (Å²) in [7, 11) is 0. The lowest BCUT2D eigenvalue weighted by atomic mass is 9.85. The van der Waals surface area contributed by atoms with E-state index in [1.54, 1.807) is 0 Å². The third-order valence-corrected chi connectivity index (χ3v) is 3.51. The van der Waals surface area contributed by atoms with Gasteiger partial charge in [0, 0.05) is 0 Å². The smallest absolute Gasteiger partial charge is 0.161 e. The van der Waals surface area contributed by atoms with Gasteiger partial charge in [-0.05, 0) is 57.5 Å². The first-order chi connectivity index (χ1) is 9.19. The normalized spacial score (nSPS) is 18.1. The van der Waals surface area contributed by atoms with E-state index in [0.717, 1.165) is 37.2 Å². The third-order valence-electron chi connectivity index (χ3n) is 3.51. The molecule has 1 aliphatic rings. The summed E-state index contributed by atoms with van der Waals surface area (Å²) < 4.78 is 11.2. The molecule has 1 aromatic carbocycles. The highest BCUT2D eigenvalue weighted by molar-refractivity contribution is 5.44. The van der Waals surface area contributed by atoms with Crippen molar-refractivity contribution in [2.75, 3.05) is 26.3 Å². The number of ether oxygens (including phenoxy) is 2. The van der Waals surface area contributed by atoms with Crippen molar-refractivity contribution in [3.63, 3.8) is 0 Å². The molecule has 0 bridgehead atoms. The Morgan fingerprint density at radius 1 is 1.11 bits per heavy atom. The van der Waals surface area contributed by atoms with Crippen molar-refractivity contribution >= 4 is 0 Å². The van der Waals surface area contributed by atoms with Crippen molar-refractivity contribution in [1.82, 2.24) is 5.32 Å². The quantitative estimate of drug-likeness (QED) is 0.855. The van der Waals surface area contributed by atoms with Gasteiger partial charge in [-0.15, -0.1) is 0 Å². The van der Waals surface area contributed by atoms with E-state index in [2.05, 4.69) is 5.32 Å². The molecule has 1 aliphatic heterocycles. The number of aliphatic hydroxyl groups is 1. The van der Waals surface area contributed by atoms with E-state index in [1.165, 1.54) is 0 Å². The SMILES string of the molecule is CCOc1ccc(C2(O)CCNCC2)cc1OCC. The van der Waals surface area contributed by atoms with Gasteiger partial charge in [0.2, 0.25) is 0 Å². The summed E-state index contributed by atoms with van der Waals surface area (Å²) in [5, 5.41) is 14.0. The number of rotatable bonds is 5. The summed E-state index contributed by atoms with van der Waals surface area (Å²) in [4.78, 5) is 0. The Kier molecular flexibility index (Phi) is 4.66. The van der Waals surface area contributed by atoms with Crippen LogP contribution in [-0.4, -0.2) is 31.4 Å². The molecular weight excluding hydrogens is 242 g/mol. The van der Waals surface area contributed by atoms with Crippen LogP contribution in [0.15, 0.2) is 18.2 Å². The minimum absolute atomic E-state index is 0.587. The summed E-state index contributed by atoms with van der Waals surface area (Å²) in [5.74, 6) is 1.46. The van der Waals surface area contributed by atoms with Gasteiger partial charge in [0.15, 0.2) is 11.5 Å². The second-order valence-electron chi connectivity index (χ2n) is 4.81. The van der Waals surface area contributed by atoms with Gasteiger partial charge >= 0.3 is 0 Å². The molecule has 0 atom stereocenters. The number of nitrogens with one attached hydrogen (secondary N) is 1. The van der Waals surface area contributed by atoms with Crippen LogP contribution in [0.1, 0.15) is 32.3 Å². The van der Waals surface area contributed by atoms with Gasteiger partial charge < -0.3 is 19.9 Å². The molecule has 4 heteroatoms. The van der Waals surface area contributed by atoms with Crippen LogP contribution in [0.25, 0.3) is 0 Å². The average molecular weight is 265 g/mol. The van der Waals surface area contributed by atoms with E-state index in [-0.39, 0.29) is 0 Å². The van der Waals surface area contributed by atoms with Gasteiger partial charge in [0.1, 0.15) is 0 Å².